The van der Waals surface area contributed by atoms with Crippen LogP contribution in [0.2, 0.25) is 10.3 Å². The quantitative estimate of drug-likeness (QED) is 0.234. The number of unbranched alkanes of at least 4 members (excludes halogenated alkanes) is 2. The van der Waals surface area contributed by atoms with Crippen molar-refractivity contribution in [2.75, 3.05) is 0 Å². The van der Waals surface area contributed by atoms with Crippen LogP contribution in [0.15, 0.2) is 53.9 Å². The first-order valence-electron chi connectivity index (χ1n) is 7.93. The monoisotopic (exact) mass is 381 g/mol. The number of thioether (sulfide) groups is 1. The number of rotatable bonds is 9. The van der Waals surface area contributed by atoms with E-state index in [1.807, 2.05) is 24.3 Å². The molecule has 0 aliphatic carbocycles. The van der Waals surface area contributed by atoms with E-state index in [2.05, 4.69) is 23.7 Å². The minimum absolute atomic E-state index is 0.294. The smallest absolute Gasteiger partial charge is 0.136 e. The number of aliphatic hydroxyl groups excluding tert-OH is 1. The molecule has 1 unspecified atom stereocenters. The molecule has 0 aliphatic rings. The maximum atomic E-state index is 10.6. The molecule has 0 amide bonds. The van der Waals surface area contributed by atoms with Crippen molar-refractivity contribution in [1.82, 2.24) is 4.98 Å². The number of nitrogens with zero attached hydrogens (tertiary/aromatic N) is 1. The van der Waals surface area contributed by atoms with E-state index in [4.69, 9.17) is 23.2 Å². The topological polar surface area (TPSA) is 33.1 Å². The van der Waals surface area contributed by atoms with Crippen LogP contribution in [0.4, 0.5) is 0 Å². The van der Waals surface area contributed by atoms with Gasteiger partial charge >= 0.3 is 0 Å². The standard InChI is InChI=1S/C19H21Cl2NOS/c1-2-3-4-8-11-16(23)18-14(12-17(20)22-19(18)21)13-24-15-9-6-5-7-10-15/h2,5-7,9-10,12,16,23H,1,3-4,8,11,13H2. The Kier molecular flexibility index (Phi) is 8.13. The van der Waals surface area contributed by atoms with Crippen LogP contribution >= 0.6 is 35.0 Å². The summed E-state index contributed by atoms with van der Waals surface area (Å²) in [7, 11) is 0. The first-order chi connectivity index (χ1) is 11.6. The Balaban J connectivity index is 2.12. The summed E-state index contributed by atoms with van der Waals surface area (Å²) in [5.41, 5.74) is 1.63. The van der Waals surface area contributed by atoms with Crippen molar-refractivity contribution in [3.63, 3.8) is 0 Å². The maximum Gasteiger partial charge on any atom is 0.136 e. The van der Waals surface area contributed by atoms with Gasteiger partial charge in [0.15, 0.2) is 0 Å². The van der Waals surface area contributed by atoms with Crippen LogP contribution in [-0.4, -0.2) is 10.1 Å². The van der Waals surface area contributed by atoms with Crippen molar-refractivity contribution in [3.8, 4) is 0 Å². The fourth-order valence-electron chi connectivity index (χ4n) is 2.46. The van der Waals surface area contributed by atoms with Crippen LogP contribution in [0.5, 0.6) is 0 Å². The molecule has 5 heteroatoms. The van der Waals surface area contributed by atoms with Gasteiger partial charge in [-0.05, 0) is 43.0 Å². The van der Waals surface area contributed by atoms with Crippen LogP contribution < -0.4 is 0 Å². The summed E-state index contributed by atoms with van der Waals surface area (Å²) in [4.78, 5) is 5.26. The van der Waals surface area contributed by atoms with E-state index in [0.717, 1.165) is 29.7 Å². The molecule has 1 heterocycles. The molecule has 0 fully saturated rings. The lowest BCUT2D eigenvalue weighted by Gasteiger charge is -2.17. The molecule has 0 spiro atoms. The first kappa shape index (κ1) is 19.3. The van der Waals surface area contributed by atoms with E-state index in [9.17, 15) is 5.11 Å². The van der Waals surface area contributed by atoms with E-state index in [1.165, 1.54) is 0 Å². The molecule has 1 N–H and O–H groups in total. The molecule has 2 rings (SSSR count). The molecule has 2 aromatic rings. The molecule has 1 aromatic carbocycles. The molecule has 128 valence electrons. The van der Waals surface area contributed by atoms with Gasteiger partial charge in [0.25, 0.3) is 0 Å². The normalized spacial score (nSPS) is 12.1. The average molecular weight is 382 g/mol. The lowest BCUT2D eigenvalue weighted by Crippen LogP contribution is -2.05. The van der Waals surface area contributed by atoms with E-state index >= 15 is 0 Å². The summed E-state index contributed by atoms with van der Waals surface area (Å²) in [6.45, 7) is 3.72. The van der Waals surface area contributed by atoms with Crippen molar-refractivity contribution in [1.29, 1.82) is 0 Å². The molecule has 0 bridgehead atoms. The van der Waals surface area contributed by atoms with Gasteiger partial charge in [-0.25, -0.2) is 4.98 Å². The van der Waals surface area contributed by atoms with Gasteiger partial charge in [-0.15, -0.1) is 18.3 Å². The van der Waals surface area contributed by atoms with Gasteiger partial charge in [-0.1, -0.05) is 53.9 Å². The Labute approximate surface area is 157 Å². The number of aromatic nitrogens is 1. The highest BCUT2D eigenvalue weighted by Gasteiger charge is 2.18. The molecule has 1 aromatic heterocycles. The Morgan fingerprint density at radius 3 is 2.67 bits per heavy atom. The fraction of sp³-hybridized carbons (Fsp3) is 0.316. The van der Waals surface area contributed by atoms with E-state index in [0.29, 0.717) is 28.0 Å². The molecule has 0 aliphatic heterocycles. The lowest BCUT2D eigenvalue weighted by molar-refractivity contribution is 0.163. The number of pyridine rings is 1. The highest BCUT2D eigenvalue weighted by molar-refractivity contribution is 7.98. The number of benzene rings is 1. The van der Waals surface area contributed by atoms with Gasteiger partial charge in [-0.3, -0.25) is 0 Å². The molecule has 0 radical (unpaired) electrons. The Morgan fingerprint density at radius 1 is 1.21 bits per heavy atom. The van der Waals surface area contributed by atoms with E-state index < -0.39 is 6.10 Å². The second-order valence-corrected chi connectivity index (χ2v) is 7.29. The Hall–Kier alpha value is -1.00. The van der Waals surface area contributed by atoms with Crippen molar-refractivity contribution in [3.05, 3.63) is 70.5 Å². The van der Waals surface area contributed by atoms with Gasteiger partial charge in [0.1, 0.15) is 10.3 Å². The lowest BCUT2D eigenvalue weighted by atomic mass is 10.0. The van der Waals surface area contributed by atoms with Crippen molar-refractivity contribution in [2.24, 2.45) is 0 Å². The first-order valence-corrected chi connectivity index (χ1v) is 9.67. The van der Waals surface area contributed by atoms with E-state index in [1.54, 1.807) is 17.8 Å². The highest BCUT2D eigenvalue weighted by Crippen LogP contribution is 2.34. The summed E-state index contributed by atoms with van der Waals surface area (Å²) in [6, 6.07) is 11.9. The number of halogens is 2. The fourth-order valence-corrected chi connectivity index (χ4v) is 3.97. The van der Waals surface area contributed by atoms with Crippen LogP contribution in [0.25, 0.3) is 0 Å². The van der Waals surface area contributed by atoms with Gasteiger partial charge in [0.05, 0.1) is 6.10 Å². The zero-order valence-electron chi connectivity index (χ0n) is 13.4. The minimum atomic E-state index is -0.626. The van der Waals surface area contributed by atoms with E-state index in [-0.39, 0.29) is 0 Å². The summed E-state index contributed by atoms with van der Waals surface area (Å²) in [5.74, 6) is 0.686. The third-order valence-electron chi connectivity index (χ3n) is 3.67. The molecule has 24 heavy (non-hydrogen) atoms. The third-order valence-corrected chi connectivity index (χ3v) is 5.22. The minimum Gasteiger partial charge on any atom is -0.388 e. The molecular weight excluding hydrogens is 361 g/mol. The number of hydrogen-bond acceptors (Lipinski definition) is 3. The summed E-state index contributed by atoms with van der Waals surface area (Å²) in [5, 5.41) is 11.2. The number of hydrogen-bond donors (Lipinski definition) is 1. The summed E-state index contributed by atoms with van der Waals surface area (Å²) < 4.78 is 0. The molecular formula is C19H21Cl2NOS. The maximum absolute atomic E-state index is 10.6. The predicted molar refractivity (Wildman–Crippen MR) is 104 cm³/mol. The molecule has 1 atom stereocenters. The van der Waals surface area contributed by atoms with Crippen LogP contribution in [-0.2, 0) is 5.75 Å². The second kappa shape index (κ2) is 10.1. The number of aliphatic hydroxyl groups is 1. The Bertz CT molecular complexity index is 664. The molecule has 0 saturated carbocycles. The van der Waals surface area contributed by atoms with Crippen molar-refractivity contribution < 1.29 is 5.11 Å². The van der Waals surface area contributed by atoms with Crippen molar-refractivity contribution in [2.45, 2.75) is 42.4 Å². The SMILES string of the molecule is C=CCCCCC(O)c1c(CSc2ccccc2)cc(Cl)nc1Cl. The average Bonchev–Trinajstić information content (AvgIpc) is 2.57. The second-order valence-electron chi connectivity index (χ2n) is 5.50. The molecule has 0 saturated heterocycles. The van der Waals surface area contributed by atoms with Crippen molar-refractivity contribution >= 4 is 35.0 Å². The zero-order chi connectivity index (χ0) is 17.4. The van der Waals surface area contributed by atoms with Gasteiger partial charge < -0.3 is 5.11 Å². The zero-order valence-corrected chi connectivity index (χ0v) is 15.7. The predicted octanol–water partition coefficient (Wildman–Crippen LogP) is 6.46. The summed E-state index contributed by atoms with van der Waals surface area (Å²) in [6.07, 6.45) is 4.80. The Morgan fingerprint density at radius 2 is 1.96 bits per heavy atom. The summed E-state index contributed by atoms with van der Waals surface area (Å²) >= 11 is 14.0. The number of allylic oxidation sites excluding steroid dienone is 1. The van der Waals surface area contributed by atoms with Gasteiger partial charge in [0.2, 0.25) is 0 Å². The van der Waals surface area contributed by atoms with Crippen LogP contribution in [0.3, 0.4) is 0 Å². The van der Waals surface area contributed by atoms with Gasteiger partial charge in [0, 0.05) is 16.2 Å². The third kappa shape index (κ3) is 5.82. The highest BCUT2D eigenvalue weighted by atomic mass is 35.5. The van der Waals surface area contributed by atoms with Crippen LogP contribution in [0, 0.1) is 0 Å². The van der Waals surface area contributed by atoms with Gasteiger partial charge in [-0.2, -0.15) is 0 Å². The largest absolute Gasteiger partial charge is 0.388 e. The van der Waals surface area contributed by atoms with Crippen LogP contribution in [0.1, 0.15) is 42.9 Å². The molecule has 2 nitrogen and oxygen atoms in total.